The van der Waals surface area contributed by atoms with Crippen molar-refractivity contribution in [1.29, 1.82) is 0 Å². The number of nitrogens with zero attached hydrogens (tertiary/aromatic N) is 2. The van der Waals surface area contributed by atoms with Crippen molar-refractivity contribution in [2.45, 2.75) is 71.9 Å². The third kappa shape index (κ3) is 4.81. The summed E-state index contributed by atoms with van der Waals surface area (Å²) in [7, 11) is 0. The number of nitrogens with one attached hydrogen (secondary N) is 1. The maximum absolute atomic E-state index is 4.43. The van der Waals surface area contributed by atoms with Gasteiger partial charge in [0, 0.05) is 18.3 Å². The zero-order chi connectivity index (χ0) is 13.8. The van der Waals surface area contributed by atoms with Crippen LogP contribution < -0.4 is 5.32 Å². The second-order valence-electron chi connectivity index (χ2n) is 6.80. The molecule has 1 heterocycles. The third-order valence-electron chi connectivity index (χ3n) is 3.27. The maximum Gasteiger partial charge on any atom is 0.0527 e. The van der Waals surface area contributed by atoms with Gasteiger partial charge in [0.1, 0.15) is 0 Å². The molecule has 1 aromatic rings. The summed E-state index contributed by atoms with van der Waals surface area (Å²) in [4.78, 5) is 0. The van der Waals surface area contributed by atoms with E-state index in [9.17, 15) is 0 Å². The number of hydrogen-bond acceptors (Lipinski definition) is 2. The van der Waals surface area contributed by atoms with Crippen molar-refractivity contribution >= 4 is 0 Å². The van der Waals surface area contributed by atoms with Gasteiger partial charge in [0.15, 0.2) is 0 Å². The van der Waals surface area contributed by atoms with Crippen LogP contribution in [0.1, 0.15) is 59.9 Å². The molecule has 0 aromatic carbocycles. The summed E-state index contributed by atoms with van der Waals surface area (Å²) in [5.41, 5.74) is 1.72. The maximum atomic E-state index is 4.43. The highest BCUT2D eigenvalue weighted by Gasteiger charge is 2.22. The van der Waals surface area contributed by atoms with Gasteiger partial charge in [-0.2, -0.15) is 5.10 Å². The first-order chi connectivity index (χ1) is 8.24. The lowest BCUT2D eigenvalue weighted by Crippen LogP contribution is -2.38. The lowest BCUT2D eigenvalue weighted by atomic mass is 9.83. The molecule has 3 heteroatoms. The van der Waals surface area contributed by atoms with Crippen LogP contribution in [0.15, 0.2) is 12.4 Å². The molecule has 0 saturated heterocycles. The predicted octanol–water partition coefficient (Wildman–Crippen LogP) is 3.35. The lowest BCUT2D eigenvalue weighted by Gasteiger charge is -2.27. The van der Waals surface area contributed by atoms with E-state index in [0.717, 1.165) is 25.9 Å². The van der Waals surface area contributed by atoms with Crippen LogP contribution in [0.4, 0.5) is 0 Å². The van der Waals surface area contributed by atoms with E-state index >= 15 is 0 Å². The summed E-state index contributed by atoms with van der Waals surface area (Å²) in [5, 5.41) is 7.98. The van der Waals surface area contributed by atoms with Crippen molar-refractivity contribution in [3.8, 4) is 0 Å². The molecule has 3 nitrogen and oxygen atoms in total. The smallest absolute Gasteiger partial charge is 0.0527 e. The van der Waals surface area contributed by atoms with E-state index in [1.54, 1.807) is 0 Å². The Labute approximate surface area is 112 Å². The summed E-state index contributed by atoms with van der Waals surface area (Å²) in [6.45, 7) is 15.4. The van der Waals surface area contributed by atoms with E-state index in [-0.39, 0.29) is 11.0 Å². The van der Waals surface area contributed by atoms with Gasteiger partial charge in [-0.15, -0.1) is 0 Å². The molecule has 0 atom stereocenters. The summed E-state index contributed by atoms with van der Waals surface area (Å²) in [6.07, 6.45) is 6.47. The topological polar surface area (TPSA) is 29.9 Å². The summed E-state index contributed by atoms with van der Waals surface area (Å²) >= 11 is 0. The Morgan fingerprint density at radius 3 is 2.44 bits per heavy atom. The molecule has 0 bridgehead atoms. The Morgan fingerprint density at radius 1 is 1.22 bits per heavy atom. The molecule has 0 spiro atoms. The van der Waals surface area contributed by atoms with Crippen LogP contribution in [-0.2, 0) is 12.0 Å². The molecule has 1 rings (SSSR count). The highest BCUT2D eigenvalue weighted by Crippen LogP contribution is 2.26. The molecule has 0 saturated carbocycles. The molecule has 0 aliphatic heterocycles. The minimum absolute atomic E-state index is 0.185. The van der Waals surface area contributed by atoms with Crippen LogP contribution in [0.25, 0.3) is 0 Å². The van der Waals surface area contributed by atoms with Gasteiger partial charge >= 0.3 is 0 Å². The lowest BCUT2D eigenvalue weighted by molar-refractivity contribution is 0.379. The van der Waals surface area contributed by atoms with Gasteiger partial charge < -0.3 is 5.32 Å². The summed E-state index contributed by atoms with van der Waals surface area (Å²) < 4.78 is 2.05. The van der Waals surface area contributed by atoms with Crippen LogP contribution >= 0.6 is 0 Å². The largest absolute Gasteiger partial charge is 0.312 e. The minimum atomic E-state index is 0.185. The highest BCUT2D eigenvalue weighted by molar-refractivity contribution is 5.16. The predicted molar refractivity (Wildman–Crippen MR) is 77.9 cm³/mol. The Hall–Kier alpha value is -0.830. The van der Waals surface area contributed by atoms with Crippen molar-refractivity contribution < 1.29 is 0 Å². The first kappa shape index (κ1) is 15.2. The first-order valence-corrected chi connectivity index (χ1v) is 7.02. The third-order valence-corrected chi connectivity index (χ3v) is 3.27. The molecular formula is C15H29N3. The van der Waals surface area contributed by atoms with E-state index in [0.29, 0.717) is 0 Å². The molecule has 0 aliphatic carbocycles. The standard InChI is InChI=1S/C15H29N3/c1-7-10-18-12-13(11-17-18)15(5,6)8-9-16-14(2,3)4/h11-12,16H,7-10H2,1-6H3. The second kappa shape index (κ2) is 5.87. The molecule has 0 unspecified atom stereocenters. The minimum Gasteiger partial charge on any atom is -0.312 e. The molecule has 1 N–H and O–H groups in total. The van der Waals surface area contributed by atoms with Gasteiger partial charge in [0.25, 0.3) is 0 Å². The van der Waals surface area contributed by atoms with Gasteiger partial charge in [0.05, 0.1) is 6.20 Å². The van der Waals surface area contributed by atoms with Crippen LogP contribution in [0, 0.1) is 0 Å². The van der Waals surface area contributed by atoms with Crippen molar-refractivity contribution in [2.24, 2.45) is 0 Å². The normalized spacial score (nSPS) is 13.0. The molecule has 0 aliphatic rings. The zero-order valence-electron chi connectivity index (χ0n) is 12.9. The Bertz CT molecular complexity index is 358. The molecule has 0 fully saturated rings. The van der Waals surface area contributed by atoms with Gasteiger partial charge in [-0.1, -0.05) is 20.8 Å². The molecular weight excluding hydrogens is 222 g/mol. The fraction of sp³-hybridized carbons (Fsp3) is 0.800. The van der Waals surface area contributed by atoms with Crippen molar-refractivity contribution in [2.75, 3.05) is 6.54 Å². The van der Waals surface area contributed by atoms with Gasteiger partial charge in [-0.25, -0.2) is 0 Å². The monoisotopic (exact) mass is 251 g/mol. The van der Waals surface area contributed by atoms with E-state index in [2.05, 4.69) is 58.2 Å². The van der Waals surface area contributed by atoms with Gasteiger partial charge in [-0.05, 0) is 51.1 Å². The summed E-state index contributed by atoms with van der Waals surface area (Å²) in [5.74, 6) is 0. The van der Waals surface area contributed by atoms with Crippen LogP contribution in [0.2, 0.25) is 0 Å². The van der Waals surface area contributed by atoms with Crippen LogP contribution in [0.5, 0.6) is 0 Å². The molecule has 1 aromatic heterocycles. The van der Waals surface area contributed by atoms with E-state index in [1.165, 1.54) is 5.56 Å². The van der Waals surface area contributed by atoms with Crippen molar-refractivity contribution in [3.63, 3.8) is 0 Å². The number of hydrogen-bond donors (Lipinski definition) is 1. The van der Waals surface area contributed by atoms with Crippen LogP contribution in [-0.4, -0.2) is 21.9 Å². The molecule has 0 amide bonds. The molecule has 104 valence electrons. The van der Waals surface area contributed by atoms with Crippen LogP contribution in [0.3, 0.4) is 0 Å². The zero-order valence-corrected chi connectivity index (χ0v) is 12.9. The first-order valence-electron chi connectivity index (χ1n) is 7.02. The van der Waals surface area contributed by atoms with Gasteiger partial charge in [0.2, 0.25) is 0 Å². The Kier molecular flexibility index (Phi) is 4.97. The number of aromatic nitrogens is 2. The summed E-state index contributed by atoms with van der Waals surface area (Å²) in [6, 6.07) is 0. The van der Waals surface area contributed by atoms with E-state index in [4.69, 9.17) is 0 Å². The average Bonchev–Trinajstić information content (AvgIpc) is 2.65. The van der Waals surface area contributed by atoms with E-state index in [1.807, 2.05) is 10.9 Å². The van der Waals surface area contributed by atoms with Gasteiger partial charge in [-0.3, -0.25) is 4.68 Å². The highest BCUT2D eigenvalue weighted by atomic mass is 15.3. The number of aryl methyl sites for hydroxylation is 1. The fourth-order valence-corrected chi connectivity index (χ4v) is 1.96. The Balaban J connectivity index is 2.56. The van der Waals surface area contributed by atoms with Crippen molar-refractivity contribution in [3.05, 3.63) is 18.0 Å². The van der Waals surface area contributed by atoms with Crippen molar-refractivity contribution in [1.82, 2.24) is 15.1 Å². The fourth-order valence-electron chi connectivity index (χ4n) is 1.96. The molecule has 18 heavy (non-hydrogen) atoms. The Morgan fingerprint density at radius 2 is 1.89 bits per heavy atom. The quantitative estimate of drug-likeness (QED) is 0.840. The average molecular weight is 251 g/mol. The SMILES string of the molecule is CCCn1cc(C(C)(C)CCNC(C)(C)C)cn1. The second-order valence-corrected chi connectivity index (χ2v) is 6.80. The molecule has 0 radical (unpaired) electrons. The van der Waals surface area contributed by atoms with E-state index < -0.39 is 0 Å². The number of rotatable bonds is 6.